The van der Waals surface area contributed by atoms with Gasteiger partial charge in [0.1, 0.15) is 0 Å². The molecule has 0 aliphatic carbocycles. The molecular weight excluding hydrogens is 210 g/mol. The molecule has 0 spiro atoms. The molecule has 2 N–H and O–H groups in total. The van der Waals surface area contributed by atoms with Crippen LogP contribution in [-0.2, 0) is 5.60 Å². The molecule has 0 amide bonds. The summed E-state index contributed by atoms with van der Waals surface area (Å²) in [6.45, 7) is 6.55. The van der Waals surface area contributed by atoms with Crippen molar-refractivity contribution in [3.8, 4) is 0 Å². The number of hydrogen-bond donors (Lipinski definition) is 2. The van der Waals surface area contributed by atoms with Crippen LogP contribution in [0.1, 0.15) is 26.3 Å². The molecule has 2 nitrogen and oxygen atoms in total. The second kappa shape index (κ2) is 6.11. The molecule has 0 aliphatic rings. The number of nitrogens with one attached hydrogen (secondary N) is 1. The van der Waals surface area contributed by atoms with E-state index in [4.69, 9.17) is 0 Å². The maximum atomic E-state index is 10.2. The molecule has 0 unspecified atom stereocenters. The Morgan fingerprint density at radius 3 is 2.27 bits per heavy atom. The minimum atomic E-state index is -0.786. The minimum Gasteiger partial charge on any atom is -0.384 e. The maximum Gasteiger partial charge on any atom is 0.0992 e. The number of halogens is 1. The molecule has 3 heteroatoms. The standard InChI is InChI=1S/C12H19NO.ClH/c1-10(2)13-9-12(3,14)11-7-5-4-6-8-11;/h4-8,10,13-14H,9H2,1-3H3;1H/t12-;/m0./s1. The van der Waals surface area contributed by atoms with Crippen molar-refractivity contribution < 1.29 is 5.11 Å². The van der Waals surface area contributed by atoms with E-state index < -0.39 is 5.60 Å². The molecule has 15 heavy (non-hydrogen) atoms. The van der Waals surface area contributed by atoms with Crippen LogP contribution in [-0.4, -0.2) is 17.7 Å². The Bertz CT molecular complexity index is 272. The minimum absolute atomic E-state index is 0. The number of rotatable bonds is 4. The Morgan fingerprint density at radius 2 is 1.80 bits per heavy atom. The van der Waals surface area contributed by atoms with Gasteiger partial charge in [0.05, 0.1) is 5.60 Å². The van der Waals surface area contributed by atoms with Gasteiger partial charge in [0.25, 0.3) is 0 Å². The van der Waals surface area contributed by atoms with Gasteiger partial charge in [-0.3, -0.25) is 0 Å². The Morgan fingerprint density at radius 1 is 1.27 bits per heavy atom. The van der Waals surface area contributed by atoms with E-state index in [1.165, 1.54) is 0 Å². The summed E-state index contributed by atoms with van der Waals surface area (Å²) in [6.07, 6.45) is 0. The van der Waals surface area contributed by atoms with Gasteiger partial charge in [0, 0.05) is 12.6 Å². The first kappa shape index (κ1) is 14.4. The Labute approximate surface area is 98.1 Å². The van der Waals surface area contributed by atoms with Crippen LogP contribution >= 0.6 is 12.4 Å². The molecule has 1 aromatic rings. The van der Waals surface area contributed by atoms with Gasteiger partial charge >= 0.3 is 0 Å². The number of hydrogen-bond acceptors (Lipinski definition) is 2. The van der Waals surface area contributed by atoms with E-state index in [0.717, 1.165) is 5.56 Å². The fourth-order valence-corrected chi connectivity index (χ4v) is 1.30. The molecular formula is C12H20ClNO. The highest BCUT2D eigenvalue weighted by atomic mass is 35.5. The Balaban J connectivity index is 0.00000196. The number of benzene rings is 1. The van der Waals surface area contributed by atoms with Crippen molar-refractivity contribution in [3.05, 3.63) is 35.9 Å². The first-order valence-corrected chi connectivity index (χ1v) is 5.03. The highest BCUT2D eigenvalue weighted by Crippen LogP contribution is 2.18. The van der Waals surface area contributed by atoms with E-state index in [2.05, 4.69) is 19.2 Å². The third kappa shape index (κ3) is 4.65. The lowest BCUT2D eigenvalue weighted by Crippen LogP contribution is -2.38. The molecule has 86 valence electrons. The topological polar surface area (TPSA) is 32.3 Å². The van der Waals surface area contributed by atoms with Gasteiger partial charge in [-0.15, -0.1) is 12.4 Å². The molecule has 0 saturated heterocycles. The highest BCUT2D eigenvalue weighted by Gasteiger charge is 2.22. The van der Waals surface area contributed by atoms with Gasteiger partial charge < -0.3 is 10.4 Å². The fourth-order valence-electron chi connectivity index (χ4n) is 1.30. The van der Waals surface area contributed by atoms with Crippen LogP contribution in [0.15, 0.2) is 30.3 Å². The largest absolute Gasteiger partial charge is 0.384 e. The van der Waals surface area contributed by atoms with Crippen molar-refractivity contribution in [2.24, 2.45) is 0 Å². The maximum absolute atomic E-state index is 10.2. The third-order valence-corrected chi connectivity index (χ3v) is 2.25. The zero-order chi connectivity index (χ0) is 10.6. The van der Waals surface area contributed by atoms with Gasteiger partial charge in [-0.2, -0.15) is 0 Å². The second-order valence-corrected chi connectivity index (χ2v) is 4.18. The van der Waals surface area contributed by atoms with Crippen LogP contribution in [0.2, 0.25) is 0 Å². The molecule has 0 heterocycles. The van der Waals surface area contributed by atoms with E-state index in [1.54, 1.807) is 0 Å². The summed E-state index contributed by atoms with van der Waals surface area (Å²) >= 11 is 0. The molecule has 1 atom stereocenters. The molecule has 0 bridgehead atoms. The lowest BCUT2D eigenvalue weighted by Gasteiger charge is -2.25. The third-order valence-electron chi connectivity index (χ3n) is 2.25. The predicted molar refractivity (Wildman–Crippen MR) is 66.4 cm³/mol. The average Bonchev–Trinajstić information content (AvgIpc) is 2.16. The summed E-state index contributed by atoms with van der Waals surface area (Å²) in [5, 5.41) is 13.4. The van der Waals surface area contributed by atoms with Crippen LogP contribution < -0.4 is 5.32 Å². The molecule has 0 fully saturated rings. The van der Waals surface area contributed by atoms with Crippen LogP contribution in [0, 0.1) is 0 Å². The van der Waals surface area contributed by atoms with Gasteiger partial charge in [-0.25, -0.2) is 0 Å². The Hall–Kier alpha value is -0.570. The normalized spacial score (nSPS) is 14.5. The van der Waals surface area contributed by atoms with Crippen LogP contribution in [0.25, 0.3) is 0 Å². The van der Waals surface area contributed by atoms with E-state index in [1.807, 2.05) is 37.3 Å². The molecule has 0 radical (unpaired) electrons. The molecule has 0 saturated carbocycles. The quantitative estimate of drug-likeness (QED) is 0.831. The summed E-state index contributed by atoms with van der Waals surface area (Å²) < 4.78 is 0. The van der Waals surface area contributed by atoms with Crippen molar-refractivity contribution in [1.29, 1.82) is 0 Å². The predicted octanol–water partition coefficient (Wildman–Crippen LogP) is 2.31. The highest BCUT2D eigenvalue weighted by molar-refractivity contribution is 5.85. The molecule has 1 aromatic carbocycles. The van der Waals surface area contributed by atoms with Crippen molar-refractivity contribution in [3.63, 3.8) is 0 Å². The molecule has 0 aliphatic heterocycles. The summed E-state index contributed by atoms with van der Waals surface area (Å²) in [5.74, 6) is 0. The SMILES string of the molecule is CC(C)NC[C@](C)(O)c1ccccc1.Cl. The van der Waals surface area contributed by atoms with Crippen molar-refractivity contribution >= 4 is 12.4 Å². The first-order valence-electron chi connectivity index (χ1n) is 5.03. The fraction of sp³-hybridized carbons (Fsp3) is 0.500. The zero-order valence-corrected chi connectivity index (χ0v) is 10.3. The zero-order valence-electron chi connectivity index (χ0n) is 9.53. The van der Waals surface area contributed by atoms with E-state index in [0.29, 0.717) is 12.6 Å². The first-order chi connectivity index (χ1) is 6.52. The summed E-state index contributed by atoms with van der Waals surface area (Å²) in [5.41, 5.74) is 0.166. The van der Waals surface area contributed by atoms with Gasteiger partial charge in [0.2, 0.25) is 0 Å². The smallest absolute Gasteiger partial charge is 0.0992 e. The lowest BCUT2D eigenvalue weighted by molar-refractivity contribution is 0.0549. The van der Waals surface area contributed by atoms with Crippen molar-refractivity contribution in [2.75, 3.05) is 6.54 Å². The van der Waals surface area contributed by atoms with Crippen molar-refractivity contribution in [2.45, 2.75) is 32.4 Å². The molecule has 0 aromatic heterocycles. The Kier molecular flexibility index (Phi) is 5.88. The second-order valence-electron chi connectivity index (χ2n) is 4.18. The lowest BCUT2D eigenvalue weighted by atomic mass is 9.96. The van der Waals surface area contributed by atoms with Crippen molar-refractivity contribution in [1.82, 2.24) is 5.32 Å². The average molecular weight is 230 g/mol. The molecule has 1 rings (SSSR count). The van der Waals surface area contributed by atoms with E-state index in [9.17, 15) is 5.11 Å². The van der Waals surface area contributed by atoms with Crippen LogP contribution in [0.3, 0.4) is 0 Å². The number of aliphatic hydroxyl groups is 1. The van der Waals surface area contributed by atoms with Gasteiger partial charge in [-0.05, 0) is 12.5 Å². The van der Waals surface area contributed by atoms with E-state index >= 15 is 0 Å². The monoisotopic (exact) mass is 229 g/mol. The summed E-state index contributed by atoms with van der Waals surface area (Å²) in [7, 11) is 0. The van der Waals surface area contributed by atoms with Gasteiger partial charge in [0.15, 0.2) is 0 Å². The van der Waals surface area contributed by atoms with Crippen LogP contribution in [0.5, 0.6) is 0 Å². The van der Waals surface area contributed by atoms with E-state index in [-0.39, 0.29) is 12.4 Å². The summed E-state index contributed by atoms with van der Waals surface area (Å²) in [6, 6.07) is 10.1. The van der Waals surface area contributed by atoms with Crippen LogP contribution in [0.4, 0.5) is 0 Å². The van der Waals surface area contributed by atoms with Gasteiger partial charge in [-0.1, -0.05) is 44.2 Å². The summed E-state index contributed by atoms with van der Waals surface area (Å²) in [4.78, 5) is 0.